The third-order valence-corrected chi connectivity index (χ3v) is 3.40. The average Bonchev–Trinajstić information content (AvgIpc) is 2.75. The number of hydrogen-bond donors (Lipinski definition) is 1. The fourth-order valence-corrected chi connectivity index (χ4v) is 2.59. The Hall–Kier alpha value is -2.30. The number of nitrogens with zero attached hydrogens (tertiary/aromatic N) is 1. The van der Waals surface area contributed by atoms with E-state index in [-0.39, 0.29) is 12.3 Å². The van der Waals surface area contributed by atoms with Crippen molar-refractivity contribution in [3.8, 4) is 0 Å². The predicted molar refractivity (Wildman–Crippen MR) is 79.3 cm³/mol. The molecule has 0 unspecified atom stereocenters. The summed E-state index contributed by atoms with van der Waals surface area (Å²) >= 11 is 0. The van der Waals surface area contributed by atoms with Crippen LogP contribution in [-0.2, 0) is 11.3 Å². The first kappa shape index (κ1) is 13.7. The Bertz CT molecular complexity index is 725. The molecule has 21 heavy (non-hydrogen) atoms. The number of aromatic nitrogens is 1. The van der Waals surface area contributed by atoms with E-state index >= 15 is 0 Å². The maximum Gasteiger partial charge on any atom is 0.411 e. The highest BCUT2D eigenvalue weighted by molar-refractivity contribution is 6.11. The van der Waals surface area contributed by atoms with Crippen LogP contribution < -0.4 is 0 Å². The van der Waals surface area contributed by atoms with Crippen LogP contribution in [0.5, 0.6) is 0 Å². The molecule has 2 heterocycles. The maximum atomic E-state index is 12.4. The molecule has 2 aromatic rings. The Kier molecular flexibility index (Phi) is 3.01. The van der Waals surface area contributed by atoms with Gasteiger partial charge in [0.2, 0.25) is 0 Å². The summed E-state index contributed by atoms with van der Waals surface area (Å²) < 4.78 is 5.34. The average molecular weight is 286 g/mol. The predicted octanol–water partition coefficient (Wildman–Crippen LogP) is 3.10. The van der Waals surface area contributed by atoms with Crippen molar-refractivity contribution >= 4 is 22.8 Å². The normalized spacial score (nSPS) is 15.2. The summed E-state index contributed by atoms with van der Waals surface area (Å²) in [7, 11) is 0. The lowest BCUT2D eigenvalue weighted by atomic mass is 10.0. The van der Waals surface area contributed by atoms with E-state index in [1.54, 1.807) is 0 Å². The SMILES string of the molecule is CC(C)(C)OC(=O)N1CC(=O)c2c([nH]c3ccccc23)C1. The molecule has 3 rings (SSSR count). The van der Waals surface area contributed by atoms with Gasteiger partial charge in [0.1, 0.15) is 5.60 Å². The van der Waals surface area contributed by atoms with Crippen molar-refractivity contribution < 1.29 is 14.3 Å². The number of carbonyl (C=O) groups excluding carboxylic acids is 2. The molecule has 1 N–H and O–H groups in total. The number of amides is 1. The summed E-state index contributed by atoms with van der Waals surface area (Å²) in [4.78, 5) is 29.2. The number of fused-ring (bicyclic) bond motifs is 3. The van der Waals surface area contributed by atoms with E-state index in [4.69, 9.17) is 4.74 Å². The van der Waals surface area contributed by atoms with Crippen LogP contribution in [0.25, 0.3) is 10.9 Å². The second kappa shape index (κ2) is 4.62. The summed E-state index contributed by atoms with van der Waals surface area (Å²) in [5, 5.41) is 0.918. The van der Waals surface area contributed by atoms with Gasteiger partial charge in [-0.3, -0.25) is 9.69 Å². The molecule has 0 saturated carbocycles. The molecule has 0 fully saturated rings. The number of nitrogens with one attached hydrogen (secondary N) is 1. The van der Waals surface area contributed by atoms with Gasteiger partial charge in [-0.05, 0) is 26.8 Å². The van der Waals surface area contributed by atoms with Crippen molar-refractivity contribution in [2.24, 2.45) is 0 Å². The highest BCUT2D eigenvalue weighted by Gasteiger charge is 2.32. The first-order valence-electron chi connectivity index (χ1n) is 6.96. The van der Waals surface area contributed by atoms with Crippen molar-refractivity contribution in [1.82, 2.24) is 9.88 Å². The van der Waals surface area contributed by atoms with E-state index in [0.717, 1.165) is 16.6 Å². The monoisotopic (exact) mass is 286 g/mol. The molecule has 0 bridgehead atoms. The van der Waals surface area contributed by atoms with Crippen molar-refractivity contribution in [2.45, 2.75) is 32.9 Å². The zero-order valence-electron chi connectivity index (χ0n) is 12.4. The van der Waals surface area contributed by atoms with Crippen LogP contribution in [0, 0.1) is 0 Å². The Morgan fingerprint density at radius 3 is 2.67 bits per heavy atom. The van der Waals surface area contributed by atoms with Crippen molar-refractivity contribution in [3.63, 3.8) is 0 Å². The highest BCUT2D eigenvalue weighted by atomic mass is 16.6. The van der Waals surface area contributed by atoms with Crippen molar-refractivity contribution in [1.29, 1.82) is 0 Å². The molecule has 5 heteroatoms. The highest BCUT2D eigenvalue weighted by Crippen LogP contribution is 2.28. The van der Waals surface area contributed by atoms with Gasteiger partial charge in [-0.25, -0.2) is 4.79 Å². The Morgan fingerprint density at radius 1 is 1.24 bits per heavy atom. The number of carbonyl (C=O) groups is 2. The third-order valence-electron chi connectivity index (χ3n) is 3.40. The number of hydrogen-bond acceptors (Lipinski definition) is 3. The molecule has 5 nitrogen and oxygen atoms in total. The number of aromatic amines is 1. The van der Waals surface area contributed by atoms with Gasteiger partial charge in [-0.1, -0.05) is 18.2 Å². The number of para-hydroxylation sites is 1. The van der Waals surface area contributed by atoms with Gasteiger partial charge in [-0.15, -0.1) is 0 Å². The van der Waals surface area contributed by atoms with E-state index in [2.05, 4.69) is 4.98 Å². The van der Waals surface area contributed by atoms with Gasteiger partial charge >= 0.3 is 6.09 Å². The number of benzene rings is 1. The topological polar surface area (TPSA) is 62.4 Å². The van der Waals surface area contributed by atoms with E-state index in [0.29, 0.717) is 12.1 Å². The second-order valence-electron chi connectivity index (χ2n) is 6.28. The largest absolute Gasteiger partial charge is 0.444 e. The van der Waals surface area contributed by atoms with E-state index < -0.39 is 11.7 Å². The van der Waals surface area contributed by atoms with Crippen molar-refractivity contribution in [3.05, 3.63) is 35.5 Å². The first-order valence-corrected chi connectivity index (χ1v) is 6.96. The smallest absolute Gasteiger partial charge is 0.411 e. The lowest BCUT2D eigenvalue weighted by Crippen LogP contribution is -2.42. The molecule has 0 radical (unpaired) electrons. The van der Waals surface area contributed by atoms with Gasteiger partial charge in [0.05, 0.1) is 13.1 Å². The van der Waals surface area contributed by atoms with Gasteiger partial charge < -0.3 is 9.72 Å². The summed E-state index contributed by atoms with van der Waals surface area (Å²) in [5.41, 5.74) is 1.83. The quantitative estimate of drug-likeness (QED) is 0.809. The van der Waals surface area contributed by atoms with Gasteiger partial charge in [0, 0.05) is 22.2 Å². The lowest BCUT2D eigenvalue weighted by molar-refractivity contribution is 0.0218. The van der Waals surface area contributed by atoms with Crippen LogP contribution in [0.3, 0.4) is 0 Å². The zero-order valence-corrected chi connectivity index (χ0v) is 12.4. The molecule has 110 valence electrons. The molecule has 1 aliphatic rings. The third kappa shape index (κ3) is 2.51. The van der Waals surface area contributed by atoms with Crippen LogP contribution in [0.4, 0.5) is 4.79 Å². The first-order chi connectivity index (χ1) is 9.85. The number of Topliss-reactive ketones (excluding diaryl/α,β-unsaturated/α-hetero) is 1. The number of H-pyrrole nitrogens is 1. The molecule has 0 saturated heterocycles. The minimum atomic E-state index is -0.569. The molecule has 1 aromatic heterocycles. The van der Waals surface area contributed by atoms with Crippen LogP contribution in [0.2, 0.25) is 0 Å². The summed E-state index contributed by atoms with van der Waals surface area (Å²) in [6.45, 7) is 5.86. The van der Waals surface area contributed by atoms with Gasteiger partial charge in [-0.2, -0.15) is 0 Å². The zero-order chi connectivity index (χ0) is 15.2. The molecule has 1 aliphatic heterocycles. The lowest BCUT2D eigenvalue weighted by Gasteiger charge is -2.29. The Balaban J connectivity index is 1.93. The van der Waals surface area contributed by atoms with E-state index in [1.165, 1.54) is 4.90 Å². The van der Waals surface area contributed by atoms with Crippen LogP contribution in [-0.4, -0.2) is 33.9 Å². The molecule has 1 aromatic carbocycles. The summed E-state index contributed by atoms with van der Waals surface area (Å²) in [6.07, 6.45) is -0.458. The molecule has 1 amide bonds. The van der Waals surface area contributed by atoms with Crippen molar-refractivity contribution in [2.75, 3.05) is 6.54 Å². The number of rotatable bonds is 0. The van der Waals surface area contributed by atoms with Crippen LogP contribution >= 0.6 is 0 Å². The van der Waals surface area contributed by atoms with Crippen LogP contribution in [0.1, 0.15) is 36.8 Å². The fourth-order valence-electron chi connectivity index (χ4n) is 2.59. The van der Waals surface area contributed by atoms with E-state index in [9.17, 15) is 9.59 Å². The fraction of sp³-hybridized carbons (Fsp3) is 0.375. The molecule has 0 aliphatic carbocycles. The summed E-state index contributed by atoms with van der Waals surface area (Å²) in [6, 6.07) is 7.68. The Labute approximate surface area is 122 Å². The minimum absolute atomic E-state index is 0.0560. The Morgan fingerprint density at radius 2 is 1.95 bits per heavy atom. The number of ether oxygens (including phenoxy) is 1. The molecule has 0 spiro atoms. The molecular weight excluding hydrogens is 268 g/mol. The second-order valence-corrected chi connectivity index (χ2v) is 6.28. The standard InChI is InChI=1S/C16H18N2O3/c1-16(2,3)21-15(20)18-8-12-14(13(19)9-18)10-6-4-5-7-11(10)17-12/h4-7,17H,8-9H2,1-3H3. The van der Waals surface area contributed by atoms with Gasteiger partial charge in [0.15, 0.2) is 5.78 Å². The maximum absolute atomic E-state index is 12.4. The molecular formula is C16H18N2O3. The number of ketones is 1. The molecule has 0 atom stereocenters. The van der Waals surface area contributed by atoms with Gasteiger partial charge in [0.25, 0.3) is 0 Å². The minimum Gasteiger partial charge on any atom is -0.444 e. The van der Waals surface area contributed by atoms with Crippen LogP contribution in [0.15, 0.2) is 24.3 Å². The summed E-state index contributed by atoms with van der Waals surface area (Å²) in [5.74, 6) is -0.0560. The van der Waals surface area contributed by atoms with E-state index in [1.807, 2.05) is 45.0 Å².